The lowest BCUT2D eigenvalue weighted by molar-refractivity contribution is 0.187. The summed E-state index contributed by atoms with van der Waals surface area (Å²) in [5.41, 5.74) is 0.955. The molecule has 1 N–H and O–H groups in total. The van der Waals surface area contributed by atoms with E-state index < -0.39 is 9.84 Å². The minimum Gasteiger partial charge on any atom is -0.393 e. The maximum atomic E-state index is 11.9. The van der Waals surface area contributed by atoms with Gasteiger partial charge in [0.25, 0.3) is 0 Å². The lowest BCUT2D eigenvalue weighted by Crippen LogP contribution is -2.21. The molecule has 0 aliphatic carbocycles. The third-order valence-corrected chi connectivity index (χ3v) is 4.93. The van der Waals surface area contributed by atoms with Crippen LogP contribution < -0.4 is 4.90 Å². The van der Waals surface area contributed by atoms with E-state index in [2.05, 4.69) is 0 Å². The molecule has 108 valence electrons. The van der Waals surface area contributed by atoms with Crippen LogP contribution in [0.1, 0.15) is 26.7 Å². The summed E-state index contributed by atoms with van der Waals surface area (Å²) < 4.78 is 23.8. The van der Waals surface area contributed by atoms with E-state index >= 15 is 0 Å². The average Bonchev–Trinajstić information content (AvgIpc) is 2.36. The van der Waals surface area contributed by atoms with Crippen molar-refractivity contribution in [1.82, 2.24) is 0 Å². The molecule has 0 fully saturated rings. The maximum absolute atomic E-state index is 11.9. The first-order valence-corrected chi connectivity index (χ1v) is 8.24. The molecule has 0 saturated carbocycles. The first kappa shape index (κ1) is 16.0. The van der Waals surface area contributed by atoms with Crippen LogP contribution in [0.25, 0.3) is 0 Å². The highest BCUT2D eigenvalue weighted by Gasteiger charge is 2.13. The Morgan fingerprint density at radius 2 is 1.84 bits per heavy atom. The standard InChI is InChI=1S/C14H23NO3S/c1-4-11-19(17,18)14-7-5-13(6-8-14)15(3)10-9-12(2)16/h5-8,12,16H,4,9-11H2,1-3H3. The van der Waals surface area contributed by atoms with E-state index in [1.54, 1.807) is 19.1 Å². The van der Waals surface area contributed by atoms with E-state index in [-0.39, 0.29) is 11.9 Å². The van der Waals surface area contributed by atoms with Crippen molar-refractivity contribution in [2.45, 2.75) is 37.7 Å². The normalized spacial score (nSPS) is 13.3. The molecule has 4 nitrogen and oxygen atoms in total. The van der Waals surface area contributed by atoms with E-state index in [0.717, 1.165) is 12.2 Å². The molecule has 0 aliphatic rings. The van der Waals surface area contributed by atoms with Gasteiger partial charge in [-0.05, 0) is 44.0 Å². The van der Waals surface area contributed by atoms with E-state index in [9.17, 15) is 13.5 Å². The van der Waals surface area contributed by atoms with E-state index in [0.29, 0.717) is 17.7 Å². The summed E-state index contributed by atoms with van der Waals surface area (Å²) in [6.45, 7) is 4.35. The molecule has 0 aliphatic heterocycles. The molecule has 0 heterocycles. The molecule has 1 aromatic carbocycles. The van der Waals surface area contributed by atoms with Crippen molar-refractivity contribution in [3.8, 4) is 0 Å². The molecule has 19 heavy (non-hydrogen) atoms. The Morgan fingerprint density at radius 1 is 1.26 bits per heavy atom. The molecule has 1 rings (SSSR count). The van der Waals surface area contributed by atoms with Gasteiger partial charge in [-0.25, -0.2) is 8.42 Å². The second-order valence-corrected chi connectivity index (χ2v) is 6.98. The van der Waals surface area contributed by atoms with Gasteiger partial charge in [-0.2, -0.15) is 0 Å². The van der Waals surface area contributed by atoms with Crippen LogP contribution in [0, 0.1) is 0 Å². The lowest BCUT2D eigenvalue weighted by atomic mass is 10.2. The molecule has 0 radical (unpaired) electrons. The number of benzene rings is 1. The smallest absolute Gasteiger partial charge is 0.178 e. The molecule has 0 bridgehead atoms. The van der Waals surface area contributed by atoms with Crippen LogP contribution in [0.2, 0.25) is 0 Å². The Morgan fingerprint density at radius 3 is 2.32 bits per heavy atom. The predicted molar refractivity (Wildman–Crippen MR) is 78.4 cm³/mol. The minimum atomic E-state index is -3.14. The monoisotopic (exact) mass is 285 g/mol. The summed E-state index contributed by atoms with van der Waals surface area (Å²) in [6, 6.07) is 6.92. The fourth-order valence-electron chi connectivity index (χ4n) is 1.80. The van der Waals surface area contributed by atoms with Crippen molar-refractivity contribution >= 4 is 15.5 Å². The van der Waals surface area contributed by atoms with Crippen LogP contribution in [-0.4, -0.2) is 39.0 Å². The highest BCUT2D eigenvalue weighted by Crippen LogP contribution is 2.18. The van der Waals surface area contributed by atoms with Gasteiger partial charge in [-0.3, -0.25) is 0 Å². The fourth-order valence-corrected chi connectivity index (χ4v) is 3.13. The second-order valence-electron chi connectivity index (χ2n) is 4.87. The summed E-state index contributed by atoms with van der Waals surface area (Å²) >= 11 is 0. The van der Waals surface area contributed by atoms with Gasteiger partial charge in [0.05, 0.1) is 16.8 Å². The number of aliphatic hydroxyl groups is 1. The van der Waals surface area contributed by atoms with Gasteiger partial charge < -0.3 is 10.0 Å². The van der Waals surface area contributed by atoms with Gasteiger partial charge in [-0.1, -0.05) is 6.92 Å². The Kier molecular flexibility index (Phi) is 5.82. The van der Waals surface area contributed by atoms with Crippen LogP contribution in [-0.2, 0) is 9.84 Å². The van der Waals surface area contributed by atoms with Crippen molar-refractivity contribution in [2.75, 3.05) is 24.2 Å². The summed E-state index contributed by atoms with van der Waals surface area (Å²) in [7, 11) is -1.21. The molecule has 0 amide bonds. The quantitative estimate of drug-likeness (QED) is 0.833. The van der Waals surface area contributed by atoms with Gasteiger partial charge >= 0.3 is 0 Å². The first-order chi connectivity index (χ1) is 8.86. The molecule has 0 aromatic heterocycles. The Labute approximate surface area is 116 Å². The van der Waals surface area contributed by atoms with Gasteiger partial charge in [0.1, 0.15) is 0 Å². The maximum Gasteiger partial charge on any atom is 0.178 e. The topological polar surface area (TPSA) is 57.6 Å². The highest BCUT2D eigenvalue weighted by atomic mass is 32.2. The largest absolute Gasteiger partial charge is 0.393 e. The molecular weight excluding hydrogens is 262 g/mol. The molecule has 5 heteroatoms. The summed E-state index contributed by atoms with van der Waals surface area (Å²) in [4.78, 5) is 2.38. The third kappa shape index (κ3) is 4.84. The van der Waals surface area contributed by atoms with Crippen molar-refractivity contribution in [3.63, 3.8) is 0 Å². The van der Waals surface area contributed by atoms with Crippen LogP contribution in [0.4, 0.5) is 5.69 Å². The summed E-state index contributed by atoms with van der Waals surface area (Å²) in [5, 5.41) is 9.25. The third-order valence-electron chi connectivity index (χ3n) is 2.99. The van der Waals surface area contributed by atoms with E-state index in [4.69, 9.17) is 0 Å². The Hall–Kier alpha value is -1.07. The first-order valence-electron chi connectivity index (χ1n) is 6.59. The zero-order valence-corrected chi connectivity index (χ0v) is 12.7. The number of anilines is 1. The molecule has 0 saturated heterocycles. The van der Waals surface area contributed by atoms with Gasteiger partial charge in [0, 0.05) is 19.3 Å². The van der Waals surface area contributed by atoms with Crippen molar-refractivity contribution in [3.05, 3.63) is 24.3 Å². The minimum absolute atomic E-state index is 0.185. The fraction of sp³-hybridized carbons (Fsp3) is 0.571. The average molecular weight is 285 g/mol. The van der Waals surface area contributed by atoms with E-state index in [1.165, 1.54) is 0 Å². The Balaban J connectivity index is 2.76. The van der Waals surface area contributed by atoms with Gasteiger partial charge in [-0.15, -0.1) is 0 Å². The second kappa shape index (κ2) is 6.91. The van der Waals surface area contributed by atoms with Crippen LogP contribution in [0.5, 0.6) is 0 Å². The van der Waals surface area contributed by atoms with Crippen LogP contribution in [0.3, 0.4) is 0 Å². The zero-order valence-electron chi connectivity index (χ0n) is 11.8. The van der Waals surface area contributed by atoms with Gasteiger partial charge in [0.2, 0.25) is 0 Å². The number of sulfone groups is 1. The van der Waals surface area contributed by atoms with Gasteiger partial charge in [0.15, 0.2) is 9.84 Å². The van der Waals surface area contributed by atoms with Crippen molar-refractivity contribution in [2.24, 2.45) is 0 Å². The number of rotatable bonds is 7. The van der Waals surface area contributed by atoms with Crippen LogP contribution in [0.15, 0.2) is 29.2 Å². The SMILES string of the molecule is CCCS(=O)(=O)c1ccc(N(C)CCC(C)O)cc1. The molecular formula is C14H23NO3S. The summed E-state index contributed by atoms with van der Waals surface area (Å²) in [6.07, 6.45) is 0.983. The van der Waals surface area contributed by atoms with Crippen molar-refractivity contribution in [1.29, 1.82) is 0 Å². The number of nitrogens with zero attached hydrogens (tertiary/aromatic N) is 1. The predicted octanol–water partition coefficient (Wildman–Crippen LogP) is 2.08. The molecule has 1 atom stereocenters. The Bertz CT molecular complexity index is 480. The number of aliphatic hydroxyl groups excluding tert-OH is 1. The number of hydrogen-bond acceptors (Lipinski definition) is 4. The van der Waals surface area contributed by atoms with Crippen molar-refractivity contribution < 1.29 is 13.5 Å². The number of hydrogen-bond donors (Lipinski definition) is 1. The molecule has 0 spiro atoms. The van der Waals surface area contributed by atoms with E-state index in [1.807, 2.05) is 31.0 Å². The molecule has 1 unspecified atom stereocenters. The summed E-state index contributed by atoms with van der Waals surface area (Å²) in [5.74, 6) is 0.185. The molecule has 1 aromatic rings. The highest BCUT2D eigenvalue weighted by molar-refractivity contribution is 7.91. The lowest BCUT2D eigenvalue weighted by Gasteiger charge is -2.20. The van der Waals surface area contributed by atoms with Crippen LogP contribution >= 0.6 is 0 Å². The zero-order chi connectivity index (χ0) is 14.5.